The molecule has 1 fully saturated rings. The molecule has 5 nitrogen and oxygen atoms in total. The van der Waals surface area contributed by atoms with Crippen molar-refractivity contribution in [3.8, 4) is 5.75 Å². The minimum atomic E-state index is -0.783. The molecule has 0 aromatic carbocycles. The minimum absolute atomic E-state index is 0.263. The quantitative estimate of drug-likeness (QED) is 0.754. The minimum Gasteiger partial charge on any atom is -0.507 e. The molecule has 1 unspecified atom stereocenters. The molecule has 1 aliphatic heterocycles. The highest BCUT2D eigenvalue weighted by Crippen LogP contribution is 2.22. The van der Waals surface area contributed by atoms with Crippen LogP contribution in [-0.4, -0.2) is 24.1 Å². The van der Waals surface area contributed by atoms with Crippen molar-refractivity contribution in [3.63, 3.8) is 0 Å². The van der Waals surface area contributed by atoms with E-state index in [9.17, 15) is 14.7 Å². The standard InChI is InChI=1S/C11H12O5/c1-6-4-8(12)9(11(14)16-6)10(13)7-2-3-15-5-7/h4,7,12H,2-3,5H2,1H3. The second-order valence-electron chi connectivity index (χ2n) is 3.83. The van der Waals surface area contributed by atoms with Gasteiger partial charge in [-0.05, 0) is 13.3 Å². The first kappa shape index (κ1) is 10.9. The van der Waals surface area contributed by atoms with E-state index >= 15 is 0 Å². The topological polar surface area (TPSA) is 76.7 Å². The molecule has 0 amide bonds. The molecule has 86 valence electrons. The Balaban J connectivity index is 2.40. The summed E-state index contributed by atoms with van der Waals surface area (Å²) in [5.74, 6) is -0.785. The molecule has 0 bridgehead atoms. The van der Waals surface area contributed by atoms with E-state index in [1.807, 2.05) is 0 Å². The Labute approximate surface area is 91.7 Å². The Morgan fingerprint density at radius 2 is 2.31 bits per heavy atom. The van der Waals surface area contributed by atoms with Gasteiger partial charge in [0.2, 0.25) is 0 Å². The van der Waals surface area contributed by atoms with Crippen LogP contribution in [0.25, 0.3) is 0 Å². The number of rotatable bonds is 2. The molecule has 2 rings (SSSR count). The van der Waals surface area contributed by atoms with Crippen LogP contribution in [0.4, 0.5) is 0 Å². The summed E-state index contributed by atoms with van der Waals surface area (Å²) >= 11 is 0. The largest absolute Gasteiger partial charge is 0.507 e. The SMILES string of the molecule is Cc1cc(O)c(C(=O)C2CCOC2)c(=O)o1. The third kappa shape index (κ3) is 1.86. The van der Waals surface area contributed by atoms with Gasteiger partial charge in [-0.15, -0.1) is 0 Å². The van der Waals surface area contributed by atoms with Crippen LogP contribution in [0.1, 0.15) is 22.5 Å². The third-order valence-electron chi connectivity index (χ3n) is 2.60. The first-order chi connectivity index (χ1) is 7.59. The van der Waals surface area contributed by atoms with Crippen LogP contribution in [0.15, 0.2) is 15.3 Å². The molecular weight excluding hydrogens is 212 g/mol. The van der Waals surface area contributed by atoms with Crippen LogP contribution in [-0.2, 0) is 4.74 Å². The average Bonchev–Trinajstić information content (AvgIpc) is 2.67. The maximum absolute atomic E-state index is 11.9. The van der Waals surface area contributed by atoms with Crippen molar-refractivity contribution in [1.29, 1.82) is 0 Å². The number of aromatic hydroxyl groups is 1. The highest BCUT2D eigenvalue weighted by molar-refractivity contribution is 5.99. The molecule has 0 radical (unpaired) electrons. The smallest absolute Gasteiger partial charge is 0.350 e. The molecule has 1 saturated heterocycles. The summed E-state index contributed by atoms with van der Waals surface area (Å²) in [6.45, 7) is 2.34. The number of carbonyl (C=O) groups excluding carboxylic acids is 1. The molecule has 2 heterocycles. The van der Waals surface area contributed by atoms with E-state index in [1.165, 1.54) is 13.0 Å². The van der Waals surface area contributed by atoms with Crippen LogP contribution in [0, 0.1) is 12.8 Å². The van der Waals surface area contributed by atoms with E-state index < -0.39 is 11.4 Å². The second-order valence-corrected chi connectivity index (χ2v) is 3.83. The Bertz CT molecular complexity index is 468. The Morgan fingerprint density at radius 3 is 2.88 bits per heavy atom. The van der Waals surface area contributed by atoms with Crippen molar-refractivity contribution < 1.29 is 19.1 Å². The lowest BCUT2D eigenvalue weighted by molar-refractivity contribution is 0.0893. The van der Waals surface area contributed by atoms with Gasteiger partial charge in [-0.2, -0.15) is 0 Å². The number of aryl methyl sites for hydroxylation is 1. The van der Waals surface area contributed by atoms with E-state index in [0.29, 0.717) is 19.6 Å². The van der Waals surface area contributed by atoms with Crippen molar-refractivity contribution in [1.82, 2.24) is 0 Å². The van der Waals surface area contributed by atoms with Crippen molar-refractivity contribution in [2.75, 3.05) is 13.2 Å². The van der Waals surface area contributed by atoms with Crippen LogP contribution < -0.4 is 5.63 Å². The van der Waals surface area contributed by atoms with Crippen molar-refractivity contribution >= 4 is 5.78 Å². The number of hydrogen-bond donors (Lipinski definition) is 1. The fraction of sp³-hybridized carbons (Fsp3) is 0.455. The lowest BCUT2D eigenvalue weighted by Crippen LogP contribution is -2.22. The van der Waals surface area contributed by atoms with Crippen molar-refractivity contribution in [3.05, 3.63) is 27.8 Å². The maximum atomic E-state index is 11.9. The lowest BCUT2D eigenvalue weighted by Gasteiger charge is -2.06. The van der Waals surface area contributed by atoms with Gasteiger partial charge >= 0.3 is 5.63 Å². The zero-order valence-electron chi connectivity index (χ0n) is 8.86. The van der Waals surface area contributed by atoms with Gasteiger partial charge in [0.1, 0.15) is 17.1 Å². The number of Topliss-reactive ketones (excluding diaryl/α,β-unsaturated/α-hetero) is 1. The fourth-order valence-corrected chi connectivity index (χ4v) is 1.77. The van der Waals surface area contributed by atoms with E-state index in [-0.39, 0.29) is 23.0 Å². The molecule has 1 N–H and O–H groups in total. The second kappa shape index (κ2) is 4.09. The molecule has 1 aromatic rings. The van der Waals surface area contributed by atoms with Gasteiger partial charge in [0, 0.05) is 18.6 Å². The van der Waals surface area contributed by atoms with Gasteiger partial charge in [-0.3, -0.25) is 4.79 Å². The summed E-state index contributed by atoms with van der Waals surface area (Å²) in [4.78, 5) is 23.4. The van der Waals surface area contributed by atoms with E-state index in [1.54, 1.807) is 0 Å². The summed E-state index contributed by atoms with van der Waals surface area (Å²) in [5, 5.41) is 9.58. The van der Waals surface area contributed by atoms with Crippen LogP contribution >= 0.6 is 0 Å². The summed E-state index contributed by atoms with van der Waals surface area (Å²) in [6, 6.07) is 1.27. The first-order valence-electron chi connectivity index (χ1n) is 5.05. The van der Waals surface area contributed by atoms with Gasteiger partial charge in [0.05, 0.1) is 6.61 Å². The number of hydrogen-bond acceptors (Lipinski definition) is 5. The highest BCUT2D eigenvalue weighted by Gasteiger charge is 2.29. The van der Waals surface area contributed by atoms with Crippen LogP contribution in [0.3, 0.4) is 0 Å². The van der Waals surface area contributed by atoms with Crippen LogP contribution in [0.2, 0.25) is 0 Å². The Kier molecular flexibility index (Phi) is 2.78. The molecule has 1 atom stereocenters. The van der Waals surface area contributed by atoms with E-state index in [4.69, 9.17) is 9.15 Å². The van der Waals surface area contributed by atoms with Crippen LogP contribution in [0.5, 0.6) is 5.75 Å². The van der Waals surface area contributed by atoms with Gasteiger partial charge < -0.3 is 14.3 Å². The Hall–Kier alpha value is -1.62. The van der Waals surface area contributed by atoms with Gasteiger partial charge in [-0.25, -0.2) is 4.79 Å². The zero-order valence-corrected chi connectivity index (χ0v) is 8.86. The molecule has 16 heavy (non-hydrogen) atoms. The molecular formula is C11H12O5. The van der Waals surface area contributed by atoms with E-state index in [0.717, 1.165) is 0 Å². The molecule has 0 saturated carbocycles. The number of ether oxygens (including phenoxy) is 1. The number of ketones is 1. The monoisotopic (exact) mass is 224 g/mol. The maximum Gasteiger partial charge on any atom is 0.350 e. The molecule has 0 spiro atoms. The van der Waals surface area contributed by atoms with Gasteiger partial charge in [0.15, 0.2) is 5.78 Å². The lowest BCUT2D eigenvalue weighted by atomic mass is 9.97. The summed E-state index contributed by atoms with van der Waals surface area (Å²) in [5.41, 5.74) is -1.05. The van der Waals surface area contributed by atoms with Gasteiger partial charge in [0.25, 0.3) is 0 Å². The normalized spacial score (nSPS) is 19.9. The number of carbonyl (C=O) groups is 1. The van der Waals surface area contributed by atoms with Gasteiger partial charge in [-0.1, -0.05) is 0 Å². The highest BCUT2D eigenvalue weighted by atomic mass is 16.5. The zero-order chi connectivity index (χ0) is 11.7. The predicted octanol–water partition coefficient (Wildman–Crippen LogP) is 0.873. The average molecular weight is 224 g/mol. The summed E-state index contributed by atoms with van der Waals surface area (Å²) < 4.78 is 9.86. The summed E-state index contributed by atoms with van der Waals surface area (Å²) in [7, 11) is 0. The molecule has 0 aliphatic carbocycles. The fourth-order valence-electron chi connectivity index (χ4n) is 1.77. The first-order valence-corrected chi connectivity index (χ1v) is 5.05. The molecule has 1 aliphatic rings. The predicted molar refractivity (Wildman–Crippen MR) is 54.6 cm³/mol. The van der Waals surface area contributed by atoms with E-state index in [2.05, 4.69) is 0 Å². The third-order valence-corrected chi connectivity index (χ3v) is 2.60. The Morgan fingerprint density at radius 1 is 1.56 bits per heavy atom. The van der Waals surface area contributed by atoms with Crippen molar-refractivity contribution in [2.45, 2.75) is 13.3 Å². The molecule has 5 heteroatoms. The summed E-state index contributed by atoms with van der Waals surface area (Å²) in [6.07, 6.45) is 0.575. The molecule has 1 aromatic heterocycles. The van der Waals surface area contributed by atoms with Crippen molar-refractivity contribution in [2.24, 2.45) is 5.92 Å².